The van der Waals surface area contributed by atoms with Crippen LogP contribution >= 0.6 is 0 Å². The van der Waals surface area contributed by atoms with Gasteiger partial charge in [-0.2, -0.15) is 5.10 Å². The van der Waals surface area contributed by atoms with E-state index in [0.29, 0.717) is 12.6 Å². The van der Waals surface area contributed by atoms with Crippen molar-refractivity contribution < 1.29 is 5.11 Å². The second kappa shape index (κ2) is 7.62. The highest BCUT2D eigenvalue weighted by molar-refractivity contribution is 5.03. The SMILES string of the molecule is CC(CN1CCCCC1)NCc1cnn(CCO)c1. The van der Waals surface area contributed by atoms with Crippen molar-refractivity contribution in [3.05, 3.63) is 18.0 Å². The summed E-state index contributed by atoms with van der Waals surface area (Å²) in [6.45, 7) is 7.43. The predicted octanol–water partition coefficient (Wildman–Crippen LogP) is 0.839. The molecule has 108 valence electrons. The maximum Gasteiger partial charge on any atom is 0.0640 e. The van der Waals surface area contributed by atoms with Gasteiger partial charge >= 0.3 is 0 Å². The highest BCUT2D eigenvalue weighted by Gasteiger charge is 2.13. The van der Waals surface area contributed by atoms with Crippen molar-refractivity contribution in [1.82, 2.24) is 20.0 Å². The number of aliphatic hydroxyl groups is 1. The number of hydrogen-bond donors (Lipinski definition) is 2. The molecule has 1 aromatic rings. The van der Waals surface area contributed by atoms with Crippen LogP contribution in [0.5, 0.6) is 0 Å². The maximum atomic E-state index is 8.85. The highest BCUT2D eigenvalue weighted by Crippen LogP contribution is 2.09. The summed E-state index contributed by atoms with van der Waals surface area (Å²) < 4.78 is 1.78. The number of aromatic nitrogens is 2. The predicted molar refractivity (Wildman–Crippen MR) is 75.9 cm³/mol. The quantitative estimate of drug-likeness (QED) is 0.768. The number of nitrogens with zero attached hydrogens (tertiary/aromatic N) is 3. The fourth-order valence-electron chi connectivity index (χ4n) is 2.61. The van der Waals surface area contributed by atoms with Gasteiger partial charge in [0, 0.05) is 30.9 Å². The van der Waals surface area contributed by atoms with E-state index in [1.54, 1.807) is 4.68 Å². The third-order valence-electron chi connectivity index (χ3n) is 3.65. The third kappa shape index (κ3) is 4.93. The molecule has 5 heteroatoms. The van der Waals surface area contributed by atoms with Gasteiger partial charge in [-0.3, -0.25) is 4.68 Å². The standard InChI is InChI=1S/C14H26N4O/c1-13(11-17-5-3-2-4-6-17)15-9-14-10-16-18(12-14)7-8-19/h10,12-13,15,19H,2-9,11H2,1H3. The van der Waals surface area contributed by atoms with Gasteiger partial charge in [-0.25, -0.2) is 0 Å². The number of nitrogens with one attached hydrogen (secondary N) is 1. The molecule has 1 saturated heterocycles. The maximum absolute atomic E-state index is 8.85. The van der Waals surface area contributed by atoms with E-state index in [0.717, 1.165) is 13.1 Å². The smallest absolute Gasteiger partial charge is 0.0640 e. The van der Waals surface area contributed by atoms with E-state index in [4.69, 9.17) is 5.11 Å². The summed E-state index contributed by atoms with van der Waals surface area (Å²) >= 11 is 0. The highest BCUT2D eigenvalue weighted by atomic mass is 16.3. The molecule has 1 aliphatic heterocycles. The zero-order valence-corrected chi connectivity index (χ0v) is 11.9. The molecule has 1 aliphatic rings. The Morgan fingerprint density at radius 1 is 1.37 bits per heavy atom. The molecule has 2 heterocycles. The van der Waals surface area contributed by atoms with Crippen LogP contribution in [0.4, 0.5) is 0 Å². The van der Waals surface area contributed by atoms with Crippen molar-refractivity contribution >= 4 is 0 Å². The summed E-state index contributed by atoms with van der Waals surface area (Å²) in [6.07, 6.45) is 7.96. The summed E-state index contributed by atoms with van der Waals surface area (Å²) in [5.41, 5.74) is 1.18. The number of aliphatic hydroxyl groups excluding tert-OH is 1. The Bertz CT molecular complexity index is 360. The Morgan fingerprint density at radius 3 is 2.89 bits per heavy atom. The second-order valence-corrected chi connectivity index (χ2v) is 5.48. The van der Waals surface area contributed by atoms with Crippen LogP contribution in [-0.4, -0.2) is 52.1 Å². The van der Waals surface area contributed by atoms with E-state index < -0.39 is 0 Å². The normalized spacial score (nSPS) is 18.6. The van der Waals surface area contributed by atoms with E-state index in [1.807, 2.05) is 12.4 Å². The van der Waals surface area contributed by atoms with Gasteiger partial charge in [0.05, 0.1) is 19.3 Å². The van der Waals surface area contributed by atoms with Gasteiger partial charge in [-0.05, 0) is 32.9 Å². The molecule has 2 rings (SSSR count). The minimum absolute atomic E-state index is 0.139. The molecule has 1 fully saturated rings. The first-order valence-corrected chi connectivity index (χ1v) is 7.36. The molecule has 19 heavy (non-hydrogen) atoms. The van der Waals surface area contributed by atoms with E-state index in [9.17, 15) is 0 Å². The number of hydrogen-bond acceptors (Lipinski definition) is 4. The van der Waals surface area contributed by atoms with Crippen molar-refractivity contribution in [1.29, 1.82) is 0 Å². The Kier molecular flexibility index (Phi) is 5.82. The minimum atomic E-state index is 0.139. The number of likely N-dealkylation sites (tertiary alicyclic amines) is 1. The van der Waals surface area contributed by atoms with E-state index >= 15 is 0 Å². The molecule has 0 saturated carbocycles. The van der Waals surface area contributed by atoms with Crippen LogP contribution in [0.1, 0.15) is 31.7 Å². The zero-order chi connectivity index (χ0) is 13.5. The molecule has 0 aliphatic carbocycles. The molecule has 1 atom stereocenters. The van der Waals surface area contributed by atoms with Crippen LogP contribution in [0.2, 0.25) is 0 Å². The molecule has 5 nitrogen and oxygen atoms in total. The lowest BCUT2D eigenvalue weighted by molar-refractivity contribution is 0.209. The largest absolute Gasteiger partial charge is 0.394 e. The fraction of sp³-hybridized carbons (Fsp3) is 0.786. The lowest BCUT2D eigenvalue weighted by Gasteiger charge is -2.29. The topological polar surface area (TPSA) is 53.3 Å². The first-order valence-electron chi connectivity index (χ1n) is 7.36. The molecule has 2 N–H and O–H groups in total. The molecule has 0 aromatic carbocycles. The monoisotopic (exact) mass is 266 g/mol. The Balaban J connectivity index is 1.68. The van der Waals surface area contributed by atoms with Crippen LogP contribution in [0.15, 0.2) is 12.4 Å². The molecule has 0 amide bonds. The molecule has 0 radical (unpaired) electrons. The van der Waals surface area contributed by atoms with Crippen LogP contribution in [-0.2, 0) is 13.1 Å². The van der Waals surface area contributed by atoms with Crippen LogP contribution in [0, 0.1) is 0 Å². The fourth-order valence-corrected chi connectivity index (χ4v) is 2.61. The van der Waals surface area contributed by atoms with Crippen molar-refractivity contribution in [2.24, 2.45) is 0 Å². The lowest BCUT2D eigenvalue weighted by atomic mass is 10.1. The Hall–Kier alpha value is -0.910. The van der Waals surface area contributed by atoms with Crippen LogP contribution in [0.25, 0.3) is 0 Å². The lowest BCUT2D eigenvalue weighted by Crippen LogP contribution is -2.41. The molecule has 0 spiro atoms. The Labute approximate surface area is 115 Å². The molecule has 0 bridgehead atoms. The van der Waals surface area contributed by atoms with Crippen molar-refractivity contribution in [2.45, 2.75) is 45.3 Å². The molecular formula is C14H26N4O. The van der Waals surface area contributed by atoms with Gasteiger partial charge in [0.25, 0.3) is 0 Å². The van der Waals surface area contributed by atoms with Crippen LogP contribution in [0.3, 0.4) is 0 Å². The van der Waals surface area contributed by atoms with Gasteiger partial charge in [-0.1, -0.05) is 6.42 Å². The van der Waals surface area contributed by atoms with Gasteiger partial charge in [0.1, 0.15) is 0 Å². The second-order valence-electron chi connectivity index (χ2n) is 5.48. The van der Waals surface area contributed by atoms with Gasteiger partial charge in [-0.15, -0.1) is 0 Å². The van der Waals surface area contributed by atoms with E-state index in [-0.39, 0.29) is 6.61 Å². The average Bonchev–Trinajstić information content (AvgIpc) is 2.86. The first-order chi connectivity index (χ1) is 9.28. The van der Waals surface area contributed by atoms with E-state index in [2.05, 4.69) is 22.2 Å². The minimum Gasteiger partial charge on any atom is -0.394 e. The summed E-state index contributed by atoms with van der Waals surface area (Å²) in [5.74, 6) is 0. The van der Waals surface area contributed by atoms with Gasteiger partial charge in [0.15, 0.2) is 0 Å². The average molecular weight is 266 g/mol. The third-order valence-corrected chi connectivity index (χ3v) is 3.65. The summed E-state index contributed by atoms with van der Waals surface area (Å²) in [7, 11) is 0. The molecule has 1 unspecified atom stereocenters. The summed E-state index contributed by atoms with van der Waals surface area (Å²) in [6, 6.07) is 0.499. The first kappa shape index (κ1) is 14.5. The number of piperidine rings is 1. The van der Waals surface area contributed by atoms with E-state index in [1.165, 1.54) is 37.9 Å². The summed E-state index contributed by atoms with van der Waals surface area (Å²) in [4.78, 5) is 2.55. The van der Waals surface area contributed by atoms with Crippen molar-refractivity contribution in [3.63, 3.8) is 0 Å². The van der Waals surface area contributed by atoms with Crippen LogP contribution < -0.4 is 5.32 Å². The molecular weight excluding hydrogens is 240 g/mol. The van der Waals surface area contributed by atoms with Crippen molar-refractivity contribution in [3.8, 4) is 0 Å². The molecule has 1 aromatic heterocycles. The number of rotatable bonds is 7. The summed E-state index contributed by atoms with van der Waals surface area (Å²) in [5, 5.41) is 16.6. The zero-order valence-electron chi connectivity index (χ0n) is 11.9. The Morgan fingerprint density at radius 2 is 2.16 bits per heavy atom. The van der Waals surface area contributed by atoms with Gasteiger partial charge in [0.2, 0.25) is 0 Å². The van der Waals surface area contributed by atoms with Crippen molar-refractivity contribution in [2.75, 3.05) is 26.2 Å². The van der Waals surface area contributed by atoms with Gasteiger partial charge < -0.3 is 15.3 Å².